The fraction of sp³-hybridized carbons (Fsp3) is 0.188. The van der Waals surface area contributed by atoms with Gasteiger partial charge in [0.25, 0.3) is 5.89 Å². The molecule has 2 heterocycles. The minimum atomic E-state index is -4.52. The number of aromatic nitrogens is 2. The smallest absolute Gasteiger partial charge is 0.387 e. The van der Waals surface area contributed by atoms with E-state index < -0.39 is 29.9 Å². The van der Waals surface area contributed by atoms with Gasteiger partial charge in [0, 0.05) is 5.69 Å². The van der Waals surface area contributed by atoms with Crippen molar-refractivity contribution in [2.24, 2.45) is 0 Å². The fourth-order valence-electron chi connectivity index (χ4n) is 2.25. The molecular weight excluding hydrogens is 371 g/mol. The monoisotopic (exact) mass is 383 g/mol. The summed E-state index contributed by atoms with van der Waals surface area (Å²) in [5.41, 5.74) is -0.819. The van der Waals surface area contributed by atoms with E-state index in [0.29, 0.717) is 4.88 Å². The number of amides is 1. The molecule has 0 saturated heterocycles. The fourth-order valence-corrected chi connectivity index (χ4v) is 2.89. The van der Waals surface area contributed by atoms with Crippen LogP contribution in [0.5, 0.6) is 0 Å². The normalized spacial score (nSPS) is 11.5. The van der Waals surface area contributed by atoms with Crippen LogP contribution < -0.4 is 11.1 Å². The lowest BCUT2D eigenvalue weighted by molar-refractivity contribution is -0.138. The maximum Gasteiger partial charge on any atom is 0.437 e. The third kappa shape index (κ3) is 3.85. The van der Waals surface area contributed by atoms with Crippen LogP contribution in [0.2, 0.25) is 0 Å². The lowest BCUT2D eigenvalue weighted by Gasteiger charge is -2.12. The molecular formula is C16H12F3N3O3S. The first-order valence-electron chi connectivity index (χ1n) is 7.33. The Morgan fingerprint density at radius 2 is 2.12 bits per heavy atom. The van der Waals surface area contributed by atoms with Gasteiger partial charge in [0.2, 0.25) is 5.91 Å². The van der Waals surface area contributed by atoms with Gasteiger partial charge in [0.1, 0.15) is 6.54 Å². The summed E-state index contributed by atoms with van der Waals surface area (Å²) in [5.74, 6) is -1.45. The number of carbonyl (C=O) groups is 1. The molecule has 1 aromatic carbocycles. The Balaban J connectivity index is 1.75. The van der Waals surface area contributed by atoms with Gasteiger partial charge in [-0.3, -0.25) is 4.79 Å². The SMILES string of the molecule is Cc1ccc(NC(=O)Cn2nc(-c3cccs3)oc2=O)cc1C(F)(F)F. The van der Waals surface area contributed by atoms with Crippen LogP contribution in [0.25, 0.3) is 10.8 Å². The molecule has 6 nitrogen and oxygen atoms in total. The van der Waals surface area contributed by atoms with Crippen LogP contribution in [0.3, 0.4) is 0 Å². The van der Waals surface area contributed by atoms with Crippen LogP contribution in [0.15, 0.2) is 44.9 Å². The van der Waals surface area contributed by atoms with Crippen LogP contribution in [0, 0.1) is 6.92 Å². The Labute approximate surface area is 148 Å². The average Bonchev–Trinajstić information content (AvgIpc) is 3.18. The highest BCUT2D eigenvalue weighted by Crippen LogP contribution is 2.33. The van der Waals surface area contributed by atoms with E-state index in [1.807, 2.05) is 0 Å². The van der Waals surface area contributed by atoms with Crippen molar-refractivity contribution in [2.45, 2.75) is 19.6 Å². The summed E-state index contributed by atoms with van der Waals surface area (Å²) in [6.45, 7) is 0.846. The second-order valence-corrected chi connectivity index (χ2v) is 6.33. The molecule has 3 aromatic rings. The van der Waals surface area contributed by atoms with Crippen molar-refractivity contribution in [1.82, 2.24) is 9.78 Å². The molecule has 0 saturated carbocycles. The standard InChI is InChI=1S/C16H12F3N3O3S/c1-9-4-5-10(7-11(9)16(17,18)19)20-13(23)8-22-15(24)25-14(21-22)12-3-2-6-26-12/h2-7H,8H2,1H3,(H,20,23). The molecule has 0 unspecified atom stereocenters. The molecule has 3 rings (SSSR count). The molecule has 0 fully saturated rings. The third-order valence-corrected chi connectivity index (χ3v) is 4.32. The van der Waals surface area contributed by atoms with Gasteiger partial charge in [-0.2, -0.15) is 17.9 Å². The summed E-state index contributed by atoms with van der Waals surface area (Å²) in [5, 5.41) is 8.01. The molecule has 0 aliphatic rings. The summed E-state index contributed by atoms with van der Waals surface area (Å²) in [6, 6.07) is 6.91. The van der Waals surface area contributed by atoms with Crippen molar-refractivity contribution >= 4 is 22.9 Å². The van der Waals surface area contributed by atoms with Crippen molar-refractivity contribution in [3.8, 4) is 10.8 Å². The summed E-state index contributed by atoms with van der Waals surface area (Å²) < 4.78 is 44.5. The first-order valence-corrected chi connectivity index (χ1v) is 8.21. The summed E-state index contributed by atoms with van der Waals surface area (Å²) in [4.78, 5) is 24.4. The van der Waals surface area contributed by atoms with Gasteiger partial charge in [-0.1, -0.05) is 12.1 Å². The molecule has 1 amide bonds. The number of thiophene rings is 1. The highest BCUT2D eigenvalue weighted by atomic mass is 32.1. The molecule has 136 valence electrons. The van der Waals surface area contributed by atoms with E-state index in [1.54, 1.807) is 17.5 Å². The number of nitrogens with one attached hydrogen (secondary N) is 1. The number of aryl methyl sites for hydroxylation is 1. The average molecular weight is 383 g/mol. The highest BCUT2D eigenvalue weighted by Gasteiger charge is 2.32. The van der Waals surface area contributed by atoms with Crippen LogP contribution in [0.1, 0.15) is 11.1 Å². The van der Waals surface area contributed by atoms with Crippen molar-refractivity contribution in [3.05, 3.63) is 57.4 Å². The zero-order valence-electron chi connectivity index (χ0n) is 13.3. The zero-order valence-corrected chi connectivity index (χ0v) is 14.1. The minimum absolute atomic E-state index is 0.0250. The maximum atomic E-state index is 12.9. The van der Waals surface area contributed by atoms with Gasteiger partial charge in [-0.15, -0.1) is 16.4 Å². The number of carbonyl (C=O) groups excluding carboxylic acids is 1. The molecule has 1 N–H and O–H groups in total. The molecule has 2 aromatic heterocycles. The maximum absolute atomic E-state index is 12.9. The number of alkyl halides is 3. The predicted octanol–water partition coefficient (Wildman–Crippen LogP) is 3.53. The molecule has 0 spiro atoms. The zero-order chi connectivity index (χ0) is 18.9. The number of rotatable bonds is 4. The predicted molar refractivity (Wildman–Crippen MR) is 88.9 cm³/mol. The van der Waals surface area contributed by atoms with Gasteiger partial charge in [0.05, 0.1) is 10.4 Å². The Bertz CT molecular complexity index is 990. The van der Waals surface area contributed by atoms with E-state index in [0.717, 1.165) is 10.7 Å². The Morgan fingerprint density at radius 1 is 1.35 bits per heavy atom. The van der Waals surface area contributed by atoms with E-state index in [9.17, 15) is 22.8 Å². The van der Waals surface area contributed by atoms with Gasteiger partial charge in [0.15, 0.2) is 0 Å². The lowest BCUT2D eigenvalue weighted by Crippen LogP contribution is -2.26. The van der Waals surface area contributed by atoms with Gasteiger partial charge in [-0.05, 0) is 36.1 Å². The first kappa shape index (κ1) is 17.9. The summed E-state index contributed by atoms with van der Waals surface area (Å²) in [6.07, 6.45) is -4.52. The van der Waals surface area contributed by atoms with Crippen LogP contribution in [0.4, 0.5) is 18.9 Å². The number of nitrogens with zero attached hydrogens (tertiary/aromatic N) is 2. The highest BCUT2D eigenvalue weighted by molar-refractivity contribution is 7.13. The van der Waals surface area contributed by atoms with Gasteiger partial charge < -0.3 is 9.73 Å². The van der Waals surface area contributed by atoms with E-state index >= 15 is 0 Å². The molecule has 0 atom stereocenters. The largest absolute Gasteiger partial charge is 0.437 e. The number of hydrogen-bond donors (Lipinski definition) is 1. The van der Waals surface area contributed by atoms with E-state index in [-0.39, 0.29) is 17.1 Å². The summed E-state index contributed by atoms with van der Waals surface area (Å²) >= 11 is 1.31. The quantitative estimate of drug-likeness (QED) is 0.748. The van der Waals surface area contributed by atoms with Crippen LogP contribution >= 0.6 is 11.3 Å². The Hall–Kier alpha value is -2.88. The molecule has 0 radical (unpaired) electrons. The van der Waals surface area contributed by atoms with E-state index in [2.05, 4.69) is 10.4 Å². The number of anilines is 1. The number of halogens is 3. The Kier molecular flexibility index (Phi) is 4.68. The molecule has 0 bridgehead atoms. The van der Waals surface area contributed by atoms with Crippen molar-refractivity contribution in [2.75, 3.05) is 5.32 Å². The first-order chi connectivity index (χ1) is 12.2. The van der Waals surface area contributed by atoms with E-state index in [4.69, 9.17) is 4.42 Å². The molecule has 0 aliphatic carbocycles. The molecule has 10 heteroatoms. The van der Waals surface area contributed by atoms with Crippen molar-refractivity contribution in [1.29, 1.82) is 0 Å². The van der Waals surface area contributed by atoms with Gasteiger partial charge >= 0.3 is 11.9 Å². The third-order valence-electron chi connectivity index (χ3n) is 3.46. The number of hydrogen-bond acceptors (Lipinski definition) is 5. The van der Waals surface area contributed by atoms with Gasteiger partial charge in [-0.25, -0.2) is 4.79 Å². The lowest BCUT2D eigenvalue weighted by atomic mass is 10.1. The van der Waals surface area contributed by atoms with Crippen LogP contribution in [-0.4, -0.2) is 15.7 Å². The summed E-state index contributed by atoms with van der Waals surface area (Å²) in [7, 11) is 0. The Morgan fingerprint density at radius 3 is 2.77 bits per heavy atom. The van der Waals surface area contributed by atoms with E-state index in [1.165, 1.54) is 30.4 Å². The van der Waals surface area contributed by atoms with Crippen molar-refractivity contribution < 1.29 is 22.4 Å². The van der Waals surface area contributed by atoms with Crippen molar-refractivity contribution in [3.63, 3.8) is 0 Å². The number of benzene rings is 1. The molecule has 0 aliphatic heterocycles. The second-order valence-electron chi connectivity index (χ2n) is 5.38. The van der Waals surface area contributed by atoms with Crippen LogP contribution in [-0.2, 0) is 17.5 Å². The minimum Gasteiger partial charge on any atom is -0.387 e. The topological polar surface area (TPSA) is 77.1 Å². The second kappa shape index (κ2) is 6.79. The molecule has 26 heavy (non-hydrogen) atoms.